The molecule has 2 heterocycles. The summed E-state index contributed by atoms with van der Waals surface area (Å²) in [6, 6.07) is -0.617. The maximum atomic E-state index is 12.5. The molecule has 144 valence electrons. The highest BCUT2D eigenvalue weighted by Crippen LogP contribution is 2.20. The number of rotatable bonds is 6. The van der Waals surface area contributed by atoms with Gasteiger partial charge in [-0.05, 0) is 26.2 Å². The lowest BCUT2D eigenvalue weighted by atomic mass is 9.98. The number of hydrogen-bond donors (Lipinski definition) is 1. The van der Waals surface area contributed by atoms with Gasteiger partial charge < -0.3 is 15.0 Å². The van der Waals surface area contributed by atoms with E-state index in [1.807, 2.05) is 6.92 Å². The number of sulfonamides is 1. The number of amides is 2. The van der Waals surface area contributed by atoms with Gasteiger partial charge in [0.1, 0.15) is 6.04 Å². The Morgan fingerprint density at radius 1 is 1.24 bits per heavy atom. The molecule has 2 atom stereocenters. The predicted molar refractivity (Wildman–Crippen MR) is 93.4 cm³/mol. The summed E-state index contributed by atoms with van der Waals surface area (Å²) in [5.41, 5.74) is 0. The number of ether oxygens (including phenoxy) is 1. The van der Waals surface area contributed by atoms with Gasteiger partial charge in [0, 0.05) is 26.2 Å². The summed E-state index contributed by atoms with van der Waals surface area (Å²) in [5, 5.41) is 2.76. The van der Waals surface area contributed by atoms with E-state index >= 15 is 0 Å². The monoisotopic (exact) mass is 375 g/mol. The molecule has 2 rings (SSSR count). The second kappa shape index (κ2) is 8.95. The zero-order valence-electron chi connectivity index (χ0n) is 15.1. The highest BCUT2D eigenvalue weighted by Gasteiger charge is 2.33. The number of morpholine rings is 1. The van der Waals surface area contributed by atoms with Crippen molar-refractivity contribution in [3.63, 3.8) is 0 Å². The van der Waals surface area contributed by atoms with Gasteiger partial charge in [-0.15, -0.1) is 0 Å². The molecular weight excluding hydrogens is 346 g/mol. The lowest BCUT2D eigenvalue weighted by Crippen LogP contribution is -2.53. The van der Waals surface area contributed by atoms with Crippen LogP contribution in [0.25, 0.3) is 0 Å². The second-order valence-electron chi connectivity index (χ2n) is 6.68. The zero-order valence-corrected chi connectivity index (χ0v) is 15.9. The van der Waals surface area contributed by atoms with Crippen molar-refractivity contribution in [1.29, 1.82) is 0 Å². The lowest BCUT2D eigenvalue weighted by molar-refractivity contribution is -0.140. The molecule has 0 radical (unpaired) electrons. The first kappa shape index (κ1) is 20.1. The summed E-state index contributed by atoms with van der Waals surface area (Å²) in [6.07, 6.45) is 1.86. The van der Waals surface area contributed by atoms with Crippen molar-refractivity contribution in [2.24, 2.45) is 5.92 Å². The van der Waals surface area contributed by atoms with Crippen LogP contribution < -0.4 is 5.32 Å². The Balaban J connectivity index is 1.90. The summed E-state index contributed by atoms with van der Waals surface area (Å²) in [4.78, 5) is 26.6. The van der Waals surface area contributed by atoms with Crippen LogP contribution in [-0.2, 0) is 24.3 Å². The fraction of sp³-hybridized carbons (Fsp3) is 0.875. The molecule has 25 heavy (non-hydrogen) atoms. The van der Waals surface area contributed by atoms with Gasteiger partial charge in [-0.3, -0.25) is 9.59 Å². The number of carbonyl (C=O) groups excluding carboxylic acids is 2. The summed E-state index contributed by atoms with van der Waals surface area (Å²) < 4.78 is 31.1. The van der Waals surface area contributed by atoms with Crippen LogP contribution in [0.2, 0.25) is 0 Å². The quantitative estimate of drug-likeness (QED) is 0.694. The maximum Gasteiger partial charge on any atom is 0.245 e. The average Bonchev–Trinajstić information content (AvgIpc) is 2.61. The zero-order chi connectivity index (χ0) is 18.4. The van der Waals surface area contributed by atoms with Crippen molar-refractivity contribution in [1.82, 2.24) is 14.5 Å². The van der Waals surface area contributed by atoms with E-state index in [1.54, 1.807) is 11.8 Å². The van der Waals surface area contributed by atoms with E-state index in [4.69, 9.17) is 4.74 Å². The predicted octanol–water partition coefficient (Wildman–Crippen LogP) is -0.198. The van der Waals surface area contributed by atoms with Gasteiger partial charge >= 0.3 is 0 Å². The molecule has 0 aromatic heterocycles. The maximum absolute atomic E-state index is 12.5. The van der Waals surface area contributed by atoms with Crippen molar-refractivity contribution in [2.45, 2.75) is 39.2 Å². The largest absolute Gasteiger partial charge is 0.378 e. The van der Waals surface area contributed by atoms with Crippen molar-refractivity contribution < 1.29 is 22.7 Å². The highest BCUT2D eigenvalue weighted by molar-refractivity contribution is 7.89. The highest BCUT2D eigenvalue weighted by atomic mass is 32.2. The molecule has 8 nitrogen and oxygen atoms in total. The van der Waals surface area contributed by atoms with E-state index in [2.05, 4.69) is 5.32 Å². The van der Waals surface area contributed by atoms with Crippen molar-refractivity contribution in [3.05, 3.63) is 0 Å². The van der Waals surface area contributed by atoms with E-state index in [-0.39, 0.29) is 24.1 Å². The van der Waals surface area contributed by atoms with Crippen LogP contribution in [0, 0.1) is 5.92 Å². The Bertz CT molecular complexity index is 574. The molecular formula is C16H29N3O5S. The molecule has 2 fully saturated rings. The van der Waals surface area contributed by atoms with Crippen molar-refractivity contribution in [3.8, 4) is 0 Å². The number of hydrogen-bond acceptors (Lipinski definition) is 5. The molecule has 2 aliphatic heterocycles. The fourth-order valence-corrected chi connectivity index (χ4v) is 4.84. The third-order valence-corrected chi connectivity index (χ3v) is 6.70. The standard InChI is InChI=1S/C16H29N3O5S/c1-3-11-25(22,23)19-6-4-5-14(12-19)15(20)17-13(2)16(21)18-7-9-24-10-8-18/h13-14H,3-12H2,1-2H3,(H,17,20). The average molecular weight is 375 g/mol. The lowest BCUT2D eigenvalue weighted by Gasteiger charge is -2.33. The van der Waals surface area contributed by atoms with Gasteiger partial charge in [0.2, 0.25) is 21.8 Å². The Morgan fingerprint density at radius 3 is 2.56 bits per heavy atom. The molecule has 0 spiro atoms. The van der Waals surface area contributed by atoms with E-state index in [9.17, 15) is 18.0 Å². The molecule has 0 aromatic carbocycles. The Hall–Kier alpha value is -1.19. The summed E-state index contributed by atoms with van der Waals surface area (Å²) in [5.74, 6) is -0.665. The minimum absolute atomic E-state index is 0.104. The number of carbonyl (C=O) groups is 2. The van der Waals surface area contributed by atoms with Gasteiger partial charge in [0.15, 0.2) is 0 Å². The first-order chi connectivity index (χ1) is 11.8. The fourth-order valence-electron chi connectivity index (χ4n) is 3.25. The Kier molecular flexibility index (Phi) is 7.21. The Morgan fingerprint density at radius 2 is 1.92 bits per heavy atom. The van der Waals surface area contributed by atoms with Crippen LogP contribution in [0.5, 0.6) is 0 Å². The number of piperidine rings is 1. The van der Waals surface area contributed by atoms with Crippen LogP contribution in [0.1, 0.15) is 33.1 Å². The molecule has 0 saturated carbocycles. The van der Waals surface area contributed by atoms with Crippen LogP contribution in [0.4, 0.5) is 0 Å². The van der Waals surface area contributed by atoms with E-state index in [0.717, 1.165) is 0 Å². The normalized spacial score (nSPS) is 23.9. The van der Waals surface area contributed by atoms with Gasteiger partial charge in [0.05, 0.1) is 24.9 Å². The third-order valence-electron chi connectivity index (χ3n) is 4.66. The van der Waals surface area contributed by atoms with Crippen molar-refractivity contribution >= 4 is 21.8 Å². The van der Waals surface area contributed by atoms with Gasteiger partial charge in [0.25, 0.3) is 0 Å². The Labute approximate surface area is 149 Å². The van der Waals surface area contributed by atoms with E-state index in [1.165, 1.54) is 4.31 Å². The molecule has 2 saturated heterocycles. The SMILES string of the molecule is CCCS(=O)(=O)N1CCCC(C(=O)NC(C)C(=O)N2CCOCC2)C1. The van der Waals surface area contributed by atoms with Crippen LogP contribution in [-0.4, -0.2) is 80.6 Å². The first-order valence-electron chi connectivity index (χ1n) is 9.00. The molecule has 2 amide bonds. The van der Waals surface area contributed by atoms with Crippen LogP contribution in [0.3, 0.4) is 0 Å². The summed E-state index contributed by atoms with van der Waals surface area (Å²) in [7, 11) is -3.30. The van der Waals surface area contributed by atoms with Gasteiger partial charge in [-0.1, -0.05) is 6.92 Å². The second-order valence-corrected chi connectivity index (χ2v) is 8.77. The minimum atomic E-state index is -3.30. The third kappa shape index (κ3) is 5.39. The van der Waals surface area contributed by atoms with E-state index < -0.39 is 22.0 Å². The molecule has 0 aromatic rings. The van der Waals surface area contributed by atoms with Gasteiger partial charge in [-0.2, -0.15) is 0 Å². The molecule has 0 aliphatic carbocycles. The number of nitrogens with zero attached hydrogens (tertiary/aromatic N) is 2. The van der Waals surface area contributed by atoms with E-state index in [0.29, 0.717) is 52.1 Å². The molecule has 2 unspecified atom stereocenters. The minimum Gasteiger partial charge on any atom is -0.378 e. The molecule has 0 bridgehead atoms. The number of nitrogens with one attached hydrogen (secondary N) is 1. The van der Waals surface area contributed by atoms with Gasteiger partial charge in [-0.25, -0.2) is 12.7 Å². The van der Waals surface area contributed by atoms with Crippen LogP contribution in [0.15, 0.2) is 0 Å². The molecule has 9 heteroatoms. The topological polar surface area (TPSA) is 96.0 Å². The summed E-state index contributed by atoms with van der Waals surface area (Å²) in [6.45, 7) is 6.26. The molecule has 1 N–H and O–H groups in total. The van der Waals surface area contributed by atoms with Crippen LogP contribution >= 0.6 is 0 Å². The smallest absolute Gasteiger partial charge is 0.245 e. The first-order valence-corrected chi connectivity index (χ1v) is 10.6. The summed E-state index contributed by atoms with van der Waals surface area (Å²) >= 11 is 0. The van der Waals surface area contributed by atoms with Crippen molar-refractivity contribution in [2.75, 3.05) is 45.1 Å². The molecule has 2 aliphatic rings.